The molecule has 0 spiro atoms. The molecule has 1 heterocycles. The Morgan fingerprint density at radius 1 is 0.868 bits per heavy atom. The molecule has 8 nitrogen and oxygen atoms in total. The molecule has 0 saturated carbocycles. The van der Waals surface area contributed by atoms with Crippen molar-refractivity contribution in [2.75, 3.05) is 17.2 Å². The number of hydrogen-bond donors (Lipinski definition) is 3. The molecule has 3 aromatic rings. The smallest absolute Gasteiger partial charge is 0.422 e. The van der Waals surface area contributed by atoms with Crippen molar-refractivity contribution in [3.63, 3.8) is 0 Å². The first-order chi connectivity index (χ1) is 17.7. The van der Waals surface area contributed by atoms with Crippen LogP contribution in [0.4, 0.5) is 42.5 Å². The van der Waals surface area contributed by atoms with Crippen LogP contribution in [0, 0.1) is 0 Å². The van der Waals surface area contributed by atoms with Gasteiger partial charge >= 0.3 is 18.4 Å². The normalized spacial score (nSPS) is 11.5. The van der Waals surface area contributed by atoms with Crippen LogP contribution in [0.25, 0.3) is 11.1 Å². The van der Waals surface area contributed by atoms with Crippen LogP contribution in [-0.4, -0.2) is 40.7 Å². The second kappa shape index (κ2) is 11.2. The number of carbonyl (C=O) groups excluding carboxylic acids is 2. The summed E-state index contributed by atoms with van der Waals surface area (Å²) in [5.41, 5.74) is -1.67. The molecule has 0 aliphatic rings. The summed E-state index contributed by atoms with van der Waals surface area (Å²) in [7, 11) is 0. The second-order valence-corrected chi connectivity index (χ2v) is 7.69. The Hall–Kier alpha value is -4.62. The van der Waals surface area contributed by atoms with Crippen LogP contribution < -0.4 is 15.4 Å². The highest BCUT2D eigenvalue weighted by Crippen LogP contribution is 2.42. The molecule has 0 radical (unpaired) electrons. The molecule has 2 amide bonds. The third kappa shape index (κ3) is 7.69. The number of Topliss-reactive ketones (excluding diaryl/α,β-unsaturated/α-hetero) is 1. The van der Waals surface area contributed by atoms with Crippen LogP contribution >= 0.6 is 0 Å². The topological polar surface area (TPSA) is 118 Å². The summed E-state index contributed by atoms with van der Waals surface area (Å²) in [5.74, 6) is -3.12. The van der Waals surface area contributed by atoms with Gasteiger partial charge in [-0.25, -0.2) is 4.79 Å². The van der Waals surface area contributed by atoms with Crippen molar-refractivity contribution in [2.45, 2.75) is 18.8 Å². The Labute approximate surface area is 210 Å². The van der Waals surface area contributed by atoms with Gasteiger partial charge in [0.05, 0.1) is 23.4 Å². The Kier molecular flexibility index (Phi) is 8.23. The number of rotatable bonds is 8. The number of benzene rings is 2. The van der Waals surface area contributed by atoms with E-state index in [2.05, 4.69) is 9.72 Å². The predicted molar refractivity (Wildman–Crippen MR) is 122 cm³/mol. The van der Waals surface area contributed by atoms with Crippen molar-refractivity contribution in [1.82, 2.24) is 4.98 Å². The second-order valence-electron chi connectivity index (χ2n) is 7.69. The summed E-state index contributed by atoms with van der Waals surface area (Å²) in [6.45, 7) is -2.08. The molecule has 0 aliphatic heterocycles. The van der Waals surface area contributed by atoms with E-state index in [1.807, 2.05) is 5.32 Å². The maximum Gasteiger partial charge on any atom is 0.422 e. The largest absolute Gasteiger partial charge is 0.483 e. The van der Waals surface area contributed by atoms with E-state index < -0.39 is 65.9 Å². The van der Waals surface area contributed by atoms with Crippen molar-refractivity contribution in [3.8, 4) is 16.9 Å². The standard InChI is InChI=1S/C24H17F6N3O5/c25-23(26,27)12-38-20-10-18(33-22(36)37)17(9-16(20)24(28,29)30)32-21(35)11-19(34)15-3-1-2-14(8-15)13-4-6-31-7-5-13/h1-10,33H,11-12H2,(H,32,35)(H,36,37). The minimum atomic E-state index is -5.23. The van der Waals surface area contributed by atoms with Crippen LogP contribution in [0.3, 0.4) is 0 Å². The number of anilines is 2. The summed E-state index contributed by atoms with van der Waals surface area (Å²) in [6, 6.07) is 10.1. The number of alkyl halides is 6. The third-order valence-electron chi connectivity index (χ3n) is 4.85. The number of ether oxygens (including phenoxy) is 1. The number of amides is 2. The lowest BCUT2D eigenvalue weighted by atomic mass is 10.0. The molecule has 0 saturated heterocycles. The van der Waals surface area contributed by atoms with Crippen molar-refractivity contribution >= 4 is 29.2 Å². The van der Waals surface area contributed by atoms with E-state index in [9.17, 15) is 40.7 Å². The van der Waals surface area contributed by atoms with Gasteiger partial charge in [0.2, 0.25) is 5.91 Å². The quantitative estimate of drug-likeness (QED) is 0.183. The van der Waals surface area contributed by atoms with Gasteiger partial charge < -0.3 is 15.2 Å². The number of pyridine rings is 1. The average molecular weight is 541 g/mol. The monoisotopic (exact) mass is 541 g/mol. The highest BCUT2D eigenvalue weighted by atomic mass is 19.4. The van der Waals surface area contributed by atoms with E-state index in [4.69, 9.17) is 5.11 Å². The summed E-state index contributed by atoms with van der Waals surface area (Å²) >= 11 is 0. The van der Waals surface area contributed by atoms with Crippen LogP contribution in [0.2, 0.25) is 0 Å². The molecule has 14 heteroatoms. The van der Waals surface area contributed by atoms with Gasteiger partial charge in [0, 0.05) is 24.0 Å². The van der Waals surface area contributed by atoms with Gasteiger partial charge in [-0.1, -0.05) is 18.2 Å². The van der Waals surface area contributed by atoms with Crippen molar-refractivity contribution < 1.29 is 50.6 Å². The van der Waals surface area contributed by atoms with Gasteiger partial charge in [0.1, 0.15) is 5.75 Å². The highest BCUT2D eigenvalue weighted by molar-refractivity contribution is 6.12. The zero-order chi connectivity index (χ0) is 28.1. The lowest BCUT2D eigenvalue weighted by Crippen LogP contribution is -2.22. The number of aromatic nitrogens is 1. The summed E-state index contributed by atoms with van der Waals surface area (Å²) in [4.78, 5) is 40.2. The first kappa shape index (κ1) is 28.0. The number of nitrogens with one attached hydrogen (secondary N) is 2. The first-order valence-corrected chi connectivity index (χ1v) is 10.5. The van der Waals surface area contributed by atoms with E-state index in [1.54, 1.807) is 29.6 Å². The molecule has 3 rings (SSSR count). The molecule has 0 atom stereocenters. The van der Waals surface area contributed by atoms with Gasteiger partial charge in [-0.05, 0) is 35.4 Å². The summed E-state index contributed by atoms with van der Waals surface area (Å²) in [6.07, 6.45) is -9.76. The molecular formula is C24H17F6N3O5. The number of ketones is 1. The van der Waals surface area contributed by atoms with Gasteiger partial charge in [-0.3, -0.25) is 19.9 Å². The first-order valence-electron chi connectivity index (χ1n) is 10.5. The minimum Gasteiger partial charge on any atom is -0.483 e. The van der Waals surface area contributed by atoms with E-state index in [1.165, 1.54) is 24.5 Å². The van der Waals surface area contributed by atoms with Gasteiger partial charge in [0.25, 0.3) is 0 Å². The molecule has 200 valence electrons. The molecule has 1 aromatic heterocycles. The SMILES string of the molecule is O=C(O)Nc1cc(OCC(F)(F)F)c(C(F)(F)F)cc1NC(=O)CC(=O)c1cccc(-c2ccncc2)c1. The number of carbonyl (C=O) groups is 3. The van der Waals surface area contributed by atoms with Crippen LogP contribution in [0.15, 0.2) is 60.9 Å². The number of hydrogen-bond acceptors (Lipinski definition) is 5. The molecule has 38 heavy (non-hydrogen) atoms. The summed E-state index contributed by atoms with van der Waals surface area (Å²) < 4.78 is 82.3. The third-order valence-corrected chi connectivity index (χ3v) is 4.85. The lowest BCUT2D eigenvalue weighted by molar-refractivity contribution is -0.158. The van der Waals surface area contributed by atoms with Crippen LogP contribution in [-0.2, 0) is 11.0 Å². The van der Waals surface area contributed by atoms with Crippen LogP contribution in [0.5, 0.6) is 5.75 Å². The maximum absolute atomic E-state index is 13.5. The molecule has 0 aliphatic carbocycles. The van der Waals surface area contributed by atoms with Crippen LogP contribution in [0.1, 0.15) is 22.3 Å². The number of carboxylic acid groups (broad SMARTS) is 1. The zero-order valence-electron chi connectivity index (χ0n) is 19.0. The Morgan fingerprint density at radius 2 is 1.53 bits per heavy atom. The van der Waals surface area contributed by atoms with Gasteiger partial charge in [0.15, 0.2) is 12.4 Å². The van der Waals surface area contributed by atoms with E-state index in [0.717, 1.165) is 5.56 Å². The molecule has 3 N–H and O–H groups in total. The molecule has 2 aromatic carbocycles. The Morgan fingerprint density at radius 3 is 2.13 bits per heavy atom. The Balaban J connectivity index is 1.86. The highest BCUT2D eigenvalue weighted by Gasteiger charge is 2.37. The van der Waals surface area contributed by atoms with E-state index in [0.29, 0.717) is 11.6 Å². The summed E-state index contributed by atoms with van der Waals surface area (Å²) in [5, 5.41) is 12.7. The van der Waals surface area contributed by atoms with E-state index >= 15 is 0 Å². The zero-order valence-corrected chi connectivity index (χ0v) is 19.0. The fourth-order valence-corrected chi connectivity index (χ4v) is 3.26. The molecule has 0 fully saturated rings. The molecular weight excluding hydrogens is 524 g/mol. The predicted octanol–water partition coefficient (Wildman–Crippen LogP) is 6.01. The fourth-order valence-electron chi connectivity index (χ4n) is 3.26. The molecule has 0 unspecified atom stereocenters. The molecule has 0 bridgehead atoms. The van der Waals surface area contributed by atoms with Gasteiger partial charge in [-0.15, -0.1) is 0 Å². The van der Waals surface area contributed by atoms with E-state index in [-0.39, 0.29) is 11.6 Å². The minimum absolute atomic E-state index is 0.116. The maximum atomic E-state index is 13.5. The fraction of sp³-hybridized carbons (Fsp3) is 0.167. The number of nitrogens with zero attached hydrogens (tertiary/aromatic N) is 1. The van der Waals surface area contributed by atoms with Crippen molar-refractivity contribution in [2.24, 2.45) is 0 Å². The number of halogens is 6. The van der Waals surface area contributed by atoms with Gasteiger partial charge in [-0.2, -0.15) is 26.3 Å². The van der Waals surface area contributed by atoms with Crippen molar-refractivity contribution in [1.29, 1.82) is 0 Å². The Bertz CT molecular complexity index is 1340. The van der Waals surface area contributed by atoms with Crippen molar-refractivity contribution in [3.05, 3.63) is 72.1 Å². The average Bonchev–Trinajstić information content (AvgIpc) is 2.83. The lowest BCUT2D eigenvalue weighted by Gasteiger charge is -2.19.